The van der Waals surface area contributed by atoms with Gasteiger partial charge in [-0.15, -0.1) is 0 Å². The molecule has 1 aliphatic rings. The lowest BCUT2D eigenvalue weighted by molar-refractivity contribution is -0.139. The van der Waals surface area contributed by atoms with Crippen LogP contribution in [0.2, 0.25) is 0 Å². The summed E-state index contributed by atoms with van der Waals surface area (Å²) in [6.45, 7) is 5.54. The molecule has 0 unspecified atom stereocenters. The normalized spacial score (nSPS) is 16.0. The molecule has 0 aromatic rings. The van der Waals surface area contributed by atoms with Crippen molar-refractivity contribution in [2.45, 2.75) is 19.9 Å². The van der Waals surface area contributed by atoms with Gasteiger partial charge in [-0.2, -0.15) is 0 Å². The molecule has 1 atom stereocenters. The van der Waals surface area contributed by atoms with Gasteiger partial charge in [0.1, 0.15) is 6.04 Å². The van der Waals surface area contributed by atoms with Crippen LogP contribution in [-0.4, -0.2) is 36.5 Å². The molecule has 0 saturated carbocycles. The number of hydrogen-bond acceptors (Lipinski definition) is 4. The molecule has 5 heteroatoms. The van der Waals surface area contributed by atoms with Crippen molar-refractivity contribution < 1.29 is 9.90 Å². The van der Waals surface area contributed by atoms with Gasteiger partial charge in [-0.1, -0.05) is 13.8 Å². The number of aliphatic imine (C=N–C) groups is 1. The van der Waals surface area contributed by atoms with Crippen LogP contribution in [0, 0.1) is 5.92 Å². The molecule has 0 fully saturated rings. The molecule has 1 aliphatic heterocycles. The largest absolute Gasteiger partial charge is 0.480 e. The van der Waals surface area contributed by atoms with Crippen LogP contribution >= 0.6 is 0 Å². The van der Waals surface area contributed by atoms with Crippen molar-refractivity contribution >= 4 is 12.3 Å². The number of aliphatic carboxylic acids is 1. The highest BCUT2D eigenvalue weighted by Gasteiger charge is 2.14. The maximum Gasteiger partial charge on any atom is 0.320 e. The first-order valence-electron chi connectivity index (χ1n) is 4.25. The van der Waals surface area contributed by atoms with Gasteiger partial charge >= 0.3 is 5.97 Å². The molecule has 0 aromatic carbocycles. The Morgan fingerprint density at radius 2 is 2.31 bits per heavy atom. The summed E-state index contributed by atoms with van der Waals surface area (Å²) in [7, 11) is 0. The lowest BCUT2D eigenvalue weighted by atomic mass is 10.1. The summed E-state index contributed by atoms with van der Waals surface area (Å²) >= 11 is 0. The summed E-state index contributed by atoms with van der Waals surface area (Å²) in [4.78, 5) is 13.9. The third-order valence-electron chi connectivity index (χ3n) is 1.57. The predicted octanol–water partition coefficient (Wildman–Crippen LogP) is -0.328. The van der Waals surface area contributed by atoms with E-state index in [-0.39, 0.29) is 5.92 Å². The number of carboxylic acid groups (broad SMARTS) is 1. The van der Waals surface area contributed by atoms with Gasteiger partial charge in [0.2, 0.25) is 0 Å². The van der Waals surface area contributed by atoms with Crippen molar-refractivity contribution in [1.82, 2.24) is 5.32 Å². The lowest BCUT2D eigenvalue weighted by Gasteiger charge is -2.07. The van der Waals surface area contributed by atoms with E-state index >= 15 is 0 Å². The molecule has 0 aromatic heterocycles. The van der Waals surface area contributed by atoms with Crippen LogP contribution in [0.25, 0.3) is 0 Å². The number of rotatable bonds is 2. The molecule has 76 valence electrons. The van der Waals surface area contributed by atoms with Crippen LogP contribution in [0.15, 0.2) is 4.99 Å². The Labute approximate surface area is 78.0 Å². The Hall–Kier alpha value is -1.10. The molecule has 1 rings (SSSR count). The number of nitrogens with two attached hydrogens (primary N) is 1. The highest BCUT2D eigenvalue weighted by atomic mass is 16.4. The molecule has 0 bridgehead atoms. The predicted molar refractivity (Wildman–Crippen MR) is 51.8 cm³/mol. The minimum atomic E-state index is -0.931. The second-order valence-electron chi connectivity index (χ2n) is 3.10. The van der Waals surface area contributed by atoms with Crippen molar-refractivity contribution in [3.63, 3.8) is 0 Å². The Kier molecular flexibility index (Phi) is 5.88. The second kappa shape index (κ2) is 6.42. The molecule has 5 nitrogen and oxygen atoms in total. The third-order valence-corrected chi connectivity index (χ3v) is 1.57. The number of carboxylic acids is 1. The van der Waals surface area contributed by atoms with Gasteiger partial charge in [0, 0.05) is 6.54 Å². The summed E-state index contributed by atoms with van der Waals surface area (Å²) in [6.07, 6.45) is 1.74. The number of hydrogen-bond donors (Lipinski definition) is 3. The van der Waals surface area contributed by atoms with Crippen molar-refractivity contribution in [2.75, 3.05) is 13.1 Å². The average Bonchev–Trinajstić information content (AvgIpc) is 2.59. The fourth-order valence-electron chi connectivity index (χ4n) is 0.608. The quantitative estimate of drug-likeness (QED) is 0.552. The smallest absolute Gasteiger partial charge is 0.320 e. The first kappa shape index (κ1) is 11.9. The van der Waals surface area contributed by atoms with Crippen molar-refractivity contribution in [3.8, 4) is 0 Å². The number of nitrogens with zero attached hydrogens (tertiary/aromatic N) is 1. The van der Waals surface area contributed by atoms with Crippen molar-refractivity contribution in [2.24, 2.45) is 16.6 Å². The van der Waals surface area contributed by atoms with Gasteiger partial charge in [-0.3, -0.25) is 9.79 Å². The Morgan fingerprint density at radius 3 is 2.38 bits per heavy atom. The molecule has 0 spiro atoms. The first-order valence-corrected chi connectivity index (χ1v) is 4.25. The van der Waals surface area contributed by atoms with Crippen molar-refractivity contribution in [1.29, 1.82) is 0 Å². The number of nitrogens with one attached hydrogen (secondary N) is 1. The van der Waals surface area contributed by atoms with Crippen LogP contribution in [0.5, 0.6) is 0 Å². The van der Waals surface area contributed by atoms with Crippen LogP contribution < -0.4 is 11.1 Å². The topological polar surface area (TPSA) is 87.7 Å². The molecule has 0 aliphatic carbocycles. The zero-order valence-electron chi connectivity index (χ0n) is 8.03. The molecule has 13 heavy (non-hydrogen) atoms. The van der Waals surface area contributed by atoms with Gasteiger partial charge in [0.05, 0.1) is 12.9 Å². The van der Waals surface area contributed by atoms with Crippen molar-refractivity contribution in [3.05, 3.63) is 0 Å². The van der Waals surface area contributed by atoms with Gasteiger partial charge in [-0.05, 0) is 5.92 Å². The summed E-state index contributed by atoms with van der Waals surface area (Å²) in [5, 5.41) is 11.2. The zero-order valence-corrected chi connectivity index (χ0v) is 8.03. The molecule has 0 amide bonds. The van der Waals surface area contributed by atoms with Crippen LogP contribution in [-0.2, 0) is 4.79 Å². The lowest BCUT2D eigenvalue weighted by Crippen LogP contribution is -2.34. The third kappa shape index (κ3) is 6.10. The fourth-order valence-corrected chi connectivity index (χ4v) is 0.608. The standard InChI is InChI=1S/C5H11NO2.C3H6N2/c1-3(2)4(6)5(7)8;1-2-5-3-4-1/h3-4H,6H2,1-2H3,(H,7,8);3H,1-2H2,(H,4,5)/t4-;/m0./s1. The molecule has 0 saturated heterocycles. The minimum absolute atomic E-state index is 0.0208. The highest BCUT2D eigenvalue weighted by molar-refractivity contribution is 5.73. The van der Waals surface area contributed by atoms with Crippen LogP contribution in [0.1, 0.15) is 13.8 Å². The van der Waals surface area contributed by atoms with E-state index in [0.717, 1.165) is 13.1 Å². The SMILES string of the molecule is C1=NCCN1.CC(C)[C@H](N)C(=O)O. The highest BCUT2D eigenvalue weighted by Crippen LogP contribution is 1.96. The van der Waals surface area contributed by atoms with E-state index in [1.165, 1.54) is 0 Å². The fraction of sp³-hybridized carbons (Fsp3) is 0.750. The summed E-state index contributed by atoms with van der Waals surface area (Å²) in [6, 6.07) is -0.713. The monoisotopic (exact) mass is 187 g/mol. The van der Waals surface area contributed by atoms with Gasteiger partial charge in [0.25, 0.3) is 0 Å². The summed E-state index contributed by atoms with van der Waals surface area (Å²) in [5.41, 5.74) is 5.16. The van der Waals surface area contributed by atoms with Crippen LogP contribution in [0.4, 0.5) is 0 Å². The second-order valence-corrected chi connectivity index (χ2v) is 3.10. The molecular formula is C8H17N3O2. The van der Waals surface area contributed by atoms with Gasteiger partial charge < -0.3 is 16.2 Å². The molecule has 4 N–H and O–H groups in total. The van der Waals surface area contributed by atoms with E-state index in [0.29, 0.717) is 0 Å². The van der Waals surface area contributed by atoms with E-state index in [1.54, 1.807) is 20.2 Å². The molecular weight excluding hydrogens is 170 g/mol. The van der Waals surface area contributed by atoms with Crippen LogP contribution in [0.3, 0.4) is 0 Å². The van der Waals surface area contributed by atoms with E-state index in [2.05, 4.69) is 10.3 Å². The Balaban J connectivity index is 0.000000243. The maximum absolute atomic E-state index is 10.0. The summed E-state index contributed by atoms with van der Waals surface area (Å²) < 4.78 is 0. The van der Waals surface area contributed by atoms with E-state index in [1.807, 2.05) is 0 Å². The summed E-state index contributed by atoms with van der Waals surface area (Å²) in [5.74, 6) is -0.910. The maximum atomic E-state index is 10.0. The average molecular weight is 187 g/mol. The number of carbonyl (C=O) groups is 1. The minimum Gasteiger partial charge on any atom is -0.480 e. The Morgan fingerprint density at radius 1 is 1.69 bits per heavy atom. The first-order chi connectivity index (χ1) is 6.05. The van der Waals surface area contributed by atoms with E-state index < -0.39 is 12.0 Å². The van der Waals surface area contributed by atoms with Gasteiger partial charge in [0.15, 0.2) is 0 Å². The molecule has 1 heterocycles. The van der Waals surface area contributed by atoms with E-state index in [4.69, 9.17) is 10.8 Å². The zero-order chi connectivity index (χ0) is 10.3. The Bertz CT molecular complexity index is 174. The van der Waals surface area contributed by atoms with E-state index in [9.17, 15) is 4.79 Å². The molecule has 0 radical (unpaired) electrons. The van der Waals surface area contributed by atoms with Gasteiger partial charge in [-0.25, -0.2) is 0 Å².